The van der Waals surface area contributed by atoms with Crippen LogP contribution in [-0.4, -0.2) is 53.8 Å². The van der Waals surface area contributed by atoms with E-state index in [-0.39, 0.29) is 23.9 Å². The molecule has 5 nitrogen and oxygen atoms in total. The number of carbonyl (C=O) groups is 2. The van der Waals surface area contributed by atoms with Gasteiger partial charge < -0.3 is 0 Å². The van der Waals surface area contributed by atoms with Crippen LogP contribution in [0.3, 0.4) is 0 Å². The second kappa shape index (κ2) is 7.77. The van der Waals surface area contributed by atoms with Gasteiger partial charge >= 0.3 is 0 Å². The van der Waals surface area contributed by atoms with Crippen molar-refractivity contribution < 1.29 is 18.4 Å². The molecule has 4 rings (SSSR count). The van der Waals surface area contributed by atoms with Gasteiger partial charge in [0, 0.05) is 38.8 Å². The van der Waals surface area contributed by atoms with E-state index in [2.05, 4.69) is 17.0 Å². The van der Waals surface area contributed by atoms with Crippen LogP contribution in [0.15, 0.2) is 48.5 Å². The van der Waals surface area contributed by atoms with E-state index in [0.29, 0.717) is 13.1 Å². The quantitative estimate of drug-likeness (QED) is 0.759. The molecular weight excluding hydrogens is 364 g/mol. The number of anilines is 1. The highest BCUT2D eigenvalue weighted by atomic mass is 19.2. The van der Waals surface area contributed by atoms with Gasteiger partial charge in [-0.05, 0) is 17.7 Å². The first-order valence-corrected chi connectivity index (χ1v) is 9.35. The third kappa shape index (κ3) is 3.68. The van der Waals surface area contributed by atoms with Crippen molar-refractivity contribution in [1.29, 1.82) is 0 Å². The summed E-state index contributed by atoms with van der Waals surface area (Å²) >= 11 is 0. The van der Waals surface area contributed by atoms with Crippen LogP contribution in [0.5, 0.6) is 0 Å². The number of rotatable bonds is 4. The highest BCUT2D eigenvalue weighted by molar-refractivity contribution is 6.22. The lowest BCUT2D eigenvalue weighted by Crippen LogP contribution is -2.52. The summed E-state index contributed by atoms with van der Waals surface area (Å²) in [7, 11) is 0. The SMILES string of the molecule is O=C1C[C@@H](N2CCN(Cc3ccccc3)CC2)C(=O)N1c1ccc(F)c(F)c1. The van der Waals surface area contributed by atoms with Crippen LogP contribution in [0, 0.1) is 11.6 Å². The van der Waals surface area contributed by atoms with Gasteiger partial charge in [0.2, 0.25) is 5.91 Å². The van der Waals surface area contributed by atoms with Crippen molar-refractivity contribution in [2.45, 2.75) is 19.0 Å². The molecule has 146 valence electrons. The summed E-state index contributed by atoms with van der Waals surface area (Å²) in [6.07, 6.45) is 0.0660. The van der Waals surface area contributed by atoms with Crippen LogP contribution in [0.4, 0.5) is 14.5 Å². The average Bonchev–Trinajstić information content (AvgIpc) is 3.00. The van der Waals surface area contributed by atoms with E-state index in [1.165, 1.54) is 11.6 Å². The molecule has 2 aromatic rings. The summed E-state index contributed by atoms with van der Waals surface area (Å²) in [6, 6.07) is 12.7. The molecule has 0 aromatic heterocycles. The number of amides is 2. The van der Waals surface area contributed by atoms with Crippen molar-refractivity contribution in [2.75, 3.05) is 31.1 Å². The largest absolute Gasteiger partial charge is 0.297 e. The van der Waals surface area contributed by atoms with Gasteiger partial charge in [0.1, 0.15) is 0 Å². The summed E-state index contributed by atoms with van der Waals surface area (Å²) < 4.78 is 26.7. The Hall–Kier alpha value is -2.64. The lowest BCUT2D eigenvalue weighted by atomic mass is 10.1. The predicted molar refractivity (Wildman–Crippen MR) is 101 cm³/mol. The second-order valence-electron chi connectivity index (χ2n) is 7.18. The lowest BCUT2D eigenvalue weighted by molar-refractivity contribution is -0.123. The zero-order valence-corrected chi connectivity index (χ0v) is 15.4. The molecule has 0 spiro atoms. The predicted octanol–water partition coefficient (Wildman–Crippen LogP) is 2.41. The summed E-state index contributed by atoms with van der Waals surface area (Å²) in [4.78, 5) is 30.5. The van der Waals surface area contributed by atoms with Crippen molar-refractivity contribution in [3.8, 4) is 0 Å². The van der Waals surface area contributed by atoms with Crippen LogP contribution in [0.1, 0.15) is 12.0 Å². The van der Waals surface area contributed by atoms with E-state index < -0.39 is 17.7 Å². The molecule has 2 aliphatic heterocycles. The second-order valence-corrected chi connectivity index (χ2v) is 7.18. The number of imide groups is 1. The molecule has 0 N–H and O–H groups in total. The summed E-state index contributed by atoms with van der Waals surface area (Å²) in [5.74, 6) is -2.83. The molecule has 1 atom stereocenters. The first-order valence-electron chi connectivity index (χ1n) is 9.35. The molecule has 0 saturated carbocycles. The Kier molecular flexibility index (Phi) is 5.19. The van der Waals surface area contributed by atoms with E-state index in [4.69, 9.17) is 0 Å². The van der Waals surface area contributed by atoms with Crippen LogP contribution in [-0.2, 0) is 16.1 Å². The minimum Gasteiger partial charge on any atom is -0.297 e. The Labute approximate surface area is 162 Å². The normalized spacial score (nSPS) is 21.5. The van der Waals surface area contributed by atoms with Gasteiger partial charge in [-0.25, -0.2) is 13.7 Å². The first kappa shape index (κ1) is 18.7. The van der Waals surface area contributed by atoms with Crippen LogP contribution >= 0.6 is 0 Å². The highest BCUT2D eigenvalue weighted by Crippen LogP contribution is 2.27. The molecule has 2 fully saturated rings. The summed E-state index contributed by atoms with van der Waals surface area (Å²) in [5.41, 5.74) is 1.33. The van der Waals surface area contributed by atoms with E-state index >= 15 is 0 Å². The van der Waals surface area contributed by atoms with Crippen LogP contribution in [0.2, 0.25) is 0 Å². The van der Waals surface area contributed by atoms with Crippen LogP contribution < -0.4 is 4.90 Å². The van der Waals surface area contributed by atoms with Crippen molar-refractivity contribution >= 4 is 17.5 Å². The third-order valence-electron chi connectivity index (χ3n) is 5.38. The number of piperazine rings is 1. The molecule has 2 aromatic carbocycles. The Morgan fingerprint density at radius 3 is 2.29 bits per heavy atom. The lowest BCUT2D eigenvalue weighted by Gasteiger charge is -2.37. The van der Waals surface area contributed by atoms with Crippen molar-refractivity contribution in [3.05, 3.63) is 65.7 Å². The summed E-state index contributed by atoms with van der Waals surface area (Å²) in [5, 5.41) is 0. The smallest absolute Gasteiger partial charge is 0.251 e. The standard InChI is InChI=1S/C21H21F2N3O2/c22-17-7-6-16(12-18(17)23)26-20(27)13-19(21(26)28)25-10-8-24(9-11-25)14-15-4-2-1-3-5-15/h1-7,12,19H,8-11,13-14H2/t19-/m1/s1. The van der Waals surface area contributed by atoms with Crippen LogP contribution in [0.25, 0.3) is 0 Å². The van der Waals surface area contributed by atoms with Gasteiger partial charge in [0.25, 0.3) is 5.91 Å². The molecular formula is C21H21F2N3O2. The maximum Gasteiger partial charge on any atom is 0.251 e. The number of carbonyl (C=O) groups excluding carboxylic acids is 2. The molecule has 2 aliphatic rings. The average molecular weight is 385 g/mol. The number of hydrogen-bond acceptors (Lipinski definition) is 4. The summed E-state index contributed by atoms with van der Waals surface area (Å²) in [6.45, 7) is 3.83. The topological polar surface area (TPSA) is 43.9 Å². The minimum absolute atomic E-state index is 0.0660. The van der Waals surface area contributed by atoms with Crippen molar-refractivity contribution in [2.24, 2.45) is 0 Å². The number of nitrogens with zero attached hydrogens (tertiary/aromatic N) is 3. The minimum atomic E-state index is -1.07. The molecule has 2 saturated heterocycles. The molecule has 2 amide bonds. The number of benzene rings is 2. The fourth-order valence-corrected chi connectivity index (χ4v) is 3.87. The van der Waals surface area contributed by atoms with E-state index in [0.717, 1.165) is 36.7 Å². The van der Waals surface area contributed by atoms with Gasteiger partial charge in [-0.2, -0.15) is 0 Å². The van der Waals surface area contributed by atoms with Gasteiger partial charge in [-0.15, -0.1) is 0 Å². The molecule has 28 heavy (non-hydrogen) atoms. The van der Waals surface area contributed by atoms with Gasteiger partial charge in [-0.1, -0.05) is 30.3 Å². The molecule has 0 unspecified atom stereocenters. The molecule has 0 radical (unpaired) electrons. The van der Waals surface area contributed by atoms with Gasteiger partial charge in [-0.3, -0.25) is 19.4 Å². The molecule has 0 bridgehead atoms. The Morgan fingerprint density at radius 1 is 0.893 bits per heavy atom. The monoisotopic (exact) mass is 385 g/mol. The van der Waals surface area contributed by atoms with Crippen molar-refractivity contribution in [3.63, 3.8) is 0 Å². The third-order valence-corrected chi connectivity index (χ3v) is 5.38. The molecule has 0 aliphatic carbocycles. The fourth-order valence-electron chi connectivity index (χ4n) is 3.87. The van der Waals surface area contributed by atoms with Crippen molar-refractivity contribution in [1.82, 2.24) is 9.80 Å². The first-order chi connectivity index (χ1) is 13.5. The maximum absolute atomic E-state index is 13.5. The van der Waals surface area contributed by atoms with Gasteiger partial charge in [0.15, 0.2) is 11.6 Å². The number of hydrogen-bond donors (Lipinski definition) is 0. The Balaban J connectivity index is 1.40. The Morgan fingerprint density at radius 2 is 1.61 bits per heavy atom. The Bertz CT molecular complexity index is 882. The van der Waals surface area contributed by atoms with E-state index in [1.807, 2.05) is 23.1 Å². The van der Waals surface area contributed by atoms with E-state index in [1.54, 1.807) is 0 Å². The van der Waals surface area contributed by atoms with E-state index in [9.17, 15) is 18.4 Å². The highest BCUT2D eigenvalue weighted by Gasteiger charge is 2.43. The molecule has 7 heteroatoms. The fraction of sp³-hybridized carbons (Fsp3) is 0.333. The van der Waals surface area contributed by atoms with Gasteiger partial charge in [0.05, 0.1) is 18.2 Å². The maximum atomic E-state index is 13.5. The number of halogens is 2. The zero-order chi connectivity index (χ0) is 19.7. The zero-order valence-electron chi connectivity index (χ0n) is 15.4. The molecule has 2 heterocycles.